The molecule has 0 unspecified atom stereocenters. The number of hydrogen-bond acceptors (Lipinski definition) is 9. The molecule has 2 aliphatic heterocycles. The Morgan fingerprint density at radius 1 is 1.11 bits per heavy atom. The summed E-state index contributed by atoms with van der Waals surface area (Å²) in [6.07, 6.45) is 4.89. The van der Waals surface area contributed by atoms with Gasteiger partial charge in [0.15, 0.2) is 6.29 Å². The first-order valence-electron chi connectivity index (χ1n) is 17.2. The van der Waals surface area contributed by atoms with Crippen LogP contribution in [0.1, 0.15) is 92.4 Å². The van der Waals surface area contributed by atoms with Gasteiger partial charge < -0.3 is 34.6 Å². The summed E-state index contributed by atoms with van der Waals surface area (Å²) < 4.78 is 18.0. The Morgan fingerprint density at radius 2 is 1.89 bits per heavy atom. The van der Waals surface area contributed by atoms with Gasteiger partial charge in [0, 0.05) is 31.0 Å². The minimum absolute atomic E-state index is 0.0592. The maximum atomic E-state index is 12.3. The van der Waals surface area contributed by atoms with E-state index >= 15 is 0 Å². The van der Waals surface area contributed by atoms with Crippen LogP contribution in [0.25, 0.3) is 0 Å². The van der Waals surface area contributed by atoms with Gasteiger partial charge in [0.25, 0.3) is 0 Å². The molecular weight excluding hydrogens is 562 g/mol. The number of fused-ring (bicyclic) bond motifs is 5. The summed E-state index contributed by atoms with van der Waals surface area (Å²) in [5.74, 6) is 2.62. The first-order chi connectivity index (χ1) is 20.9. The van der Waals surface area contributed by atoms with Gasteiger partial charge in [-0.25, -0.2) is 0 Å². The monoisotopic (exact) mass is 617 g/mol. The van der Waals surface area contributed by atoms with Crippen molar-refractivity contribution in [2.24, 2.45) is 51.3 Å². The summed E-state index contributed by atoms with van der Waals surface area (Å²) in [5.41, 5.74) is 2.89. The van der Waals surface area contributed by atoms with E-state index in [1.54, 1.807) is 6.92 Å². The predicted molar refractivity (Wildman–Crippen MR) is 165 cm³/mol. The maximum absolute atomic E-state index is 12.3. The van der Waals surface area contributed by atoms with Crippen LogP contribution in [0.15, 0.2) is 16.6 Å². The van der Waals surface area contributed by atoms with E-state index in [2.05, 4.69) is 33.8 Å². The van der Waals surface area contributed by atoms with Gasteiger partial charge in [-0.05, 0) is 92.3 Å². The van der Waals surface area contributed by atoms with E-state index in [0.717, 1.165) is 57.9 Å². The smallest absolute Gasteiger partial charge is 0.302 e. The van der Waals surface area contributed by atoms with Crippen LogP contribution in [0.5, 0.6) is 0 Å². The van der Waals surface area contributed by atoms with E-state index in [1.807, 2.05) is 0 Å². The van der Waals surface area contributed by atoms with Crippen molar-refractivity contribution in [1.29, 1.82) is 0 Å². The molecule has 0 aromatic heterocycles. The van der Waals surface area contributed by atoms with Crippen LogP contribution < -0.4 is 0 Å². The third-order valence-corrected chi connectivity index (χ3v) is 13.2. The topological polar surface area (TPSA) is 138 Å². The second kappa shape index (κ2) is 12.3. The number of rotatable bonds is 6. The molecule has 248 valence electrons. The molecule has 0 spiro atoms. The zero-order chi connectivity index (χ0) is 31.6. The summed E-state index contributed by atoms with van der Waals surface area (Å²) in [6.45, 7) is 11.5. The lowest BCUT2D eigenvalue weighted by Gasteiger charge is -2.58. The van der Waals surface area contributed by atoms with E-state index in [1.165, 1.54) is 17.7 Å². The fraction of sp³-hybridized carbons (Fsp3) is 0.886. The highest BCUT2D eigenvalue weighted by Crippen LogP contribution is 2.67. The van der Waals surface area contributed by atoms with Crippen LogP contribution in [-0.4, -0.2) is 88.2 Å². The lowest BCUT2D eigenvalue weighted by atomic mass is 9.47. The van der Waals surface area contributed by atoms with Crippen molar-refractivity contribution in [1.82, 2.24) is 0 Å². The van der Waals surface area contributed by atoms with E-state index in [4.69, 9.17) is 19.2 Å². The Bertz CT molecular complexity index is 1140. The van der Waals surface area contributed by atoms with Crippen LogP contribution in [0.4, 0.5) is 0 Å². The highest BCUT2D eigenvalue weighted by molar-refractivity contribution is 5.87. The Hall–Kier alpha value is -1.36. The van der Waals surface area contributed by atoms with Crippen molar-refractivity contribution in [3.05, 3.63) is 11.6 Å². The third-order valence-electron chi connectivity index (χ3n) is 13.2. The van der Waals surface area contributed by atoms with Crippen molar-refractivity contribution in [2.45, 2.75) is 135 Å². The number of carbonyl (C=O) groups is 1. The zero-order valence-corrected chi connectivity index (χ0v) is 27.2. The quantitative estimate of drug-likeness (QED) is 0.261. The number of aliphatic hydroxyl groups is 4. The molecule has 6 aliphatic rings. The first kappa shape index (κ1) is 32.6. The number of hydrogen-bond donors (Lipinski definition) is 4. The van der Waals surface area contributed by atoms with E-state index < -0.39 is 37.3 Å². The second-order valence-electron chi connectivity index (χ2n) is 15.7. The van der Waals surface area contributed by atoms with E-state index in [9.17, 15) is 25.2 Å². The van der Waals surface area contributed by atoms with Crippen molar-refractivity contribution < 1.29 is 39.4 Å². The molecule has 1 saturated heterocycles. The van der Waals surface area contributed by atoms with Crippen LogP contribution >= 0.6 is 0 Å². The lowest BCUT2D eigenvalue weighted by Crippen LogP contribution is -2.60. The molecule has 4 aliphatic carbocycles. The van der Waals surface area contributed by atoms with Gasteiger partial charge in [-0.1, -0.05) is 39.3 Å². The maximum Gasteiger partial charge on any atom is 0.302 e. The van der Waals surface area contributed by atoms with Crippen LogP contribution in [0, 0.1) is 46.3 Å². The van der Waals surface area contributed by atoms with Crippen molar-refractivity contribution in [2.75, 3.05) is 13.2 Å². The molecule has 2 heterocycles. The van der Waals surface area contributed by atoms with E-state index in [0.29, 0.717) is 29.6 Å². The number of esters is 1. The average Bonchev–Trinajstić information content (AvgIpc) is 3.28. The van der Waals surface area contributed by atoms with Crippen LogP contribution in [-0.2, 0) is 19.0 Å². The molecule has 3 saturated carbocycles. The first-order valence-corrected chi connectivity index (χ1v) is 17.2. The molecule has 0 amide bonds. The number of aliphatic imine (C=N–C) groups is 1. The molecule has 4 fully saturated rings. The minimum Gasteiger partial charge on any atom is -0.462 e. The van der Waals surface area contributed by atoms with Crippen molar-refractivity contribution >= 4 is 11.7 Å². The van der Waals surface area contributed by atoms with Gasteiger partial charge in [0.2, 0.25) is 0 Å². The standard InChI is InChI=1S/C35H55NO8/c1-18-6-9-26(36-16-18)19(2)29-27(42-20(3)38)15-25-23-8-7-21-14-22(10-12-34(21,4)24(23)11-13-35(25,29)5)43-33-32(41)31(40)30(39)28(17-37)44-33/h7,18-19,22-25,27-33,37,39-41H,6,8-17H2,1-5H3/t18-,19-,22+,23-,24+,25+,27+,28-,29+,30-,31+,32-,33-,34+,35+/m1/s1. The molecule has 0 aromatic carbocycles. The number of allylic oxidation sites excluding steroid dienone is 1. The molecule has 15 atom stereocenters. The highest BCUT2D eigenvalue weighted by Gasteiger charge is 2.63. The van der Waals surface area contributed by atoms with Gasteiger partial charge in [-0.3, -0.25) is 9.79 Å². The lowest BCUT2D eigenvalue weighted by molar-refractivity contribution is -0.313. The SMILES string of the molecule is CC(=O)O[C@H]1C[C@H]2[C@@H]3CC=C4C[C@@H](O[C@@H]5O[C@H](CO)[C@@H](O)[C@H](O)[C@H]5O)CC[C@]4(C)[C@H]3CC[C@]2(C)[C@H]1[C@H](C)C1=NC[C@H](C)CC1. The number of nitrogens with zero attached hydrogens (tertiary/aromatic N) is 1. The Morgan fingerprint density at radius 3 is 2.57 bits per heavy atom. The Kier molecular flexibility index (Phi) is 9.14. The fourth-order valence-corrected chi connectivity index (χ4v) is 10.8. The number of carbonyl (C=O) groups excluding carboxylic acids is 1. The van der Waals surface area contributed by atoms with Crippen LogP contribution in [0.3, 0.4) is 0 Å². The second-order valence-corrected chi connectivity index (χ2v) is 15.7. The van der Waals surface area contributed by atoms with Gasteiger partial charge in [-0.15, -0.1) is 0 Å². The fourth-order valence-electron chi connectivity index (χ4n) is 10.8. The summed E-state index contributed by atoms with van der Waals surface area (Å²) in [5, 5.41) is 40.5. The predicted octanol–water partition coefficient (Wildman–Crippen LogP) is 3.80. The third kappa shape index (κ3) is 5.51. The Labute approximate surface area is 262 Å². The summed E-state index contributed by atoms with van der Waals surface area (Å²) in [4.78, 5) is 17.4. The van der Waals surface area contributed by atoms with E-state index in [-0.39, 0.29) is 34.9 Å². The molecule has 0 bridgehead atoms. The molecule has 9 nitrogen and oxygen atoms in total. The van der Waals surface area contributed by atoms with Crippen LogP contribution in [0.2, 0.25) is 0 Å². The summed E-state index contributed by atoms with van der Waals surface area (Å²) in [6, 6.07) is 0. The van der Waals surface area contributed by atoms with Gasteiger partial charge in [0.05, 0.1) is 12.7 Å². The minimum atomic E-state index is -1.44. The normalized spacial score (nSPS) is 49.6. The molecule has 0 aromatic rings. The van der Waals surface area contributed by atoms with Crippen molar-refractivity contribution in [3.8, 4) is 0 Å². The summed E-state index contributed by atoms with van der Waals surface area (Å²) >= 11 is 0. The van der Waals surface area contributed by atoms with Gasteiger partial charge in [-0.2, -0.15) is 0 Å². The van der Waals surface area contributed by atoms with Crippen molar-refractivity contribution in [3.63, 3.8) is 0 Å². The van der Waals surface area contributed by atoms with Gasteiger partial charge >= 0.3 is 5.97 Å². The average molecular weight is 618 g/mol. The highest BCUT2D eigenvalue weighted by atomic mass is 16.7. The molecular formula is C35H55NO8. The number of aliphatic hydroxyl groups excluding tert-OH is 4. The molecule has 4 N–H and O–H groups in total. The Balaban J connectivity index is 1.20. The molecule has 6 rings (SSSR count). The van der Waals surface area contributed by atoms with Gasteiger partial charge in [0.1, 0.15) is 30.5 Å². The molecule has 9 heteroatoms. The largest absolute Gasteiger partial charge is 0.462 e. The number of ether oxygens (including phenoxy) is 3. The molecule has 0 radical (unpaired) electrons. The summed E-state index contributed by atoms with van der Waals surface area (Å²) in [7, 11) is 0. The zero-order valence-electron chi connectivity index (χ0n) is 27.2. The molecule has 44 heavy (non-hydrogen) atoms.